The van der Waals surface area contributed by atoms with E-state index < -0.39 is 0 Å². The predicted molar refractivity (Wildman–Crippen MR) is 74.6 cm³/mol. The van der Waals surface area contributed by atoms with Gasteiger partial charge in [0.2, 0.25) is 0 Å². The molecule has 2 aliphatic carbocycles. The molecule has 2 rings (SSSR count). The monoisotopic (exact) mass is 233 g/mol. The van der Waals surface area contributed by atoms with Gasteiger partial charge in [-0.25, -0.2) is 0 Å². The summed E-state index contributed by atoms with van der Waals surface area (Å²) in [6, 6.07) is 0. The lowest BCUT2D eigenvalue weighted by molar-refractivity contribution is 0.132. The first-order valence-corrected chi connectivity index (χ1v) is 7.35. The Labute approximate surface area is 106 Å². The zero-order chi connectivity index (χ0) is 12.3. The van der Waals surface area contributed by atoms with Gasteiger partial charge in [0, 0.05) is 5.71 Å². The minimum atomic E-state index is 0.571. The fourth-order valence-corrected chi connectivity index (χ4v) is 3.99. The van der Waals surface area contributed by atoms with E-state index in [0.29, 0.717) is 11.3 Å². The fourth-order valence-electron chi connectivity index (χ4n) is 3.99. The molecular weight excluding hydrogens is 206 g/mol. The summed E-state index contributed by atoms with van der Waals surface area (Å²) in [5.41, 5.74) is 1.64. The van der Waals surface area contributed by atoms with Crippen molar-refractivity contribution in [3.05, 3.63) is 12.7 Å². The molecule has 2 atom stereocenters. The first kappa shape index (κ1) is 12.9. The van der Waals surface area contributed by atoms with E-state index in [1.165, 1.54) is 44.9 Å². The van der Waals surface area contributed by atoms with Gasteiger partial charge in [0.15, 0.2) is 0 Å². The minimum absolute atomic E-state index is 0.571. The molecule has 1 N–H and O–H groups in total. The van der Waals surface area contributed by atoms with E-state index >= 15 is 0 Å². The van der Waals surface area contributed by atoms with Crippen LogP contribution in [0, 0.1) is 22.7 Å². The van der Waals surface area contributed by atoms with E-state index in [2.05, 4.69) is 13.5 Å². The van der Waals surface area contributed by atoms with Crippen LogP contribution >= 0.6 is 0 Å². The van der Waals surface area contributed by atoms with Crippen molar-refractivity contribution in [1.82, 2.24) is 0 Å². The highest BCUT2D eigenvalue weighted by molar-refractivity contribution is 5.84. The number of allylic oxidation sites excluding steroid dienone is 1. The van der Waals surface area contributed by atoms with Crippen LogP contribution in [-0.4, -0.2) is 5.71 Å². The summed E-state index contributed by atoms with van der Waals surface area (Å²) in [6.07, 6.45) is 13.7. The number of nitrogens with one attached hydrogen (secondary N) is 1. The largest absolute Gasteiger partial charge is 0.309 e. The van der Waals surface area contributed by atoms with Gasteiger partial charge < -0.3 is 5.41 Å². The first-order valence-electron chi connectivity index (χ1n) is 7.35. The average molecular weight is 233 g/mol. The molecule has 0 aromatic carbocycles. The molecule has 0 aromatic rings. The summed E-state index contributed by atoms with van der Waals surface area (Å²) >= 11 is 0. The molecule has 96 valence electrons. The smallest absolute Gasteiger partial charge is 0.0126 e. The fraction of sp³-hybridized carbons (Fsp3) is 0.812. The molecule has 1 heteroatoms. The molecule has 0 aromatic heterocycles. The van der Waals surface area contributed by atoms with E-state index in [-0.39, 0.29) is 0 Å². The van der Waals surface area contributed by atoms with Crippen LogP contribution in [0.3, 0.4) is 0 Å². The molecule has 2 fully saturated rings. The standard InChI is InChI=1S/C16H27N/c1-3-4-7-15(17)14-12-16(9-5-6-10-16)11-8-13(14)2/h3,13-14,17H,1,4-12H2,2H3. The molecule has 0 bridgehead atoms. The highest BCUT2D eigenvalue weighted by Crippen LogP contribution is 2.52. The Morgan fingerprint density at radius 2 is 2.06 bits per heavy atom. The van der Waals surface area contributed by atoms with Crippen molar-refractivity contribution in [3.8, 4) is 0 Å². The third kappa shape index (κ3) is 2.81. The van der Waals surface area contributed by atoms with Gasteiger partial charge >= 0.3 is 0 Å². The van der Waals surface area contributed by atoms with Crippen LogP contribution < -0.4 is 0 Å². The summed E-state index contributed by atoms with van der Waals surface area (Å²) in [5, 5.41) is 8.32. The molecule has 2 unspecified atom stereocenters. The molecular formula is C16H27N. The van der Waals surface area contributed by atoms with Gasteiger partial charge in [-0.05, 0) is 62.2 Å². The Balaban J connectivity index is 1.99. The van der Waals surface area contributed by atoms with Crippen LogP contribution in [0.1, 0.15) is 64.7 Å². The maximum absolute atomic E-state index is 8.32. The van der Waals surface area contributed by atoms with Crippen molar-refractivity contribution >= 4 is 5.71 Å². The molecule has 1 spiro atoms. The first-order chi connectivity index (χ1) is 8.17. The van der Waals surface area contributed by atoms with E-state index in [4.69, 9.17) is 5.41 Å². The molecule has 17 heavy (non-hydrogen) atoms. The van der Waals surface area contributed by atoms with Gasteiger partial charge in [-0.3, -0.25) is 0 Å². The maximum atomic E-state index is 8.32. The maximum Gasteiger partial charge on any atom is 0.0126 e. The molecule has 0 saturated heterocycles. The summed E-state index contributed by atoms with van der Waals surface area (Å²) in [5.74, 6) is 1.31. The number of rotatable bonds is 4. The molecule has 0 heterocycles. The summed E-state index contributed by atoms with van der Waals surface area (Å²) in [7, 11) is 0. The second-order valence-electron chi connectivity index (χ2n) is 6.39. The van der Waals surface area contributed by atoms with Crippen molar-refractivity contribution in [3.63, 3.8) is 0 Å². The van der Waals surface area contributed by atoms with Crippen LogP contribution in [0.5, 0.6) is 0 Å². The highest BCUT2D eigenvalue weighted by Gasteiger charge is 2.41. The number of hydrogen-bond acceptors (Lipinski definition) is 1. The predicted octanol–water partition coefficient (Wildman–Crippen LogP) is 4.97. The van der Waals surface area contributed by atoms with Crippen molar-refractivity contribution in [2.75, 3.05) is 0 Å². The normalized spacial score (nSPS) is 31.6. The van der Waals surface area contributed by atoms with Crippen molar-refractivity contribution in [2.24, 2.45) is 17.3 Å². The van der Waals surface area contributed by atoms with Crippen LogP contribution in [0.2, 0.25) is 0 Å². The van der Waals surface area contributed by atoms with Gasteiger partial charge in [0.1, 0.15) is 0 Å². The third-order valence-electron chi connectivity index (χ3n) is 5.20. The Bertz CT molecular complexity index is 286. The Kier molecular flexibility index (Phi) is 4.06. The summed E-state index contributed by atoms with van der Waals surface area (Å²) in [4.78, 5) is 0. The zero-order valence-corrected chi connectivity index (χ0v) is 11.3. The van der Waals surface area contributed by atoms with Crippen molar-refractivity contribution < 1.29 is 0 Å². The number of hydrogen-bond donors (Lipinski definition) is 1. The molecule has 0 radical (unpaired) electrons. The van der Waals surface area contributed by atoms with Crippen LogP contribution in [-0.2, 0) is 0 Å². The second-order valence-corrected chi connectivity index (χ2v) is 6.39. The van der Waals surface area contributed by atoms with E-state index in [9.17, 15) is 0 Å². The van der Waals surface area contributed by atoms with Gasteiger partial charge in [-0.15, -0.1) is 6.58 Å². The third-order valence-corrected chi connectivity index (χ3v) is 5.20. The van der Waals surface area contributed by atoms with Gasteiger partial charge in [0.25, 0.3) is 0 Å². The van der Waals surface area contributed by atoms with E-state index in [0.717, 1.165) is 24.5 Å². The topological polar surface area (TPSA) is 23.9 Å². The van der Waals surface area contributed by atoms with Gasteiger partial charge in [-0.1, -0.05) is 25.8 Å². The van der Waals surface area contributed by atoms with E-state index in [1.807, 2.05) is 6.08 Å². The molecule has 0 amide bonds. The summed E-state index contributed by atoms with van der Waals surface area (Å²) < 4.78 is 0. The quantitative estimate of drug-likeness (QED) is 0.523. The summed E-state index contributed by atoms with van der Waals surface area (Å²) in [6.45, 7) is 6.13. The minimum Gasteiger partial charge on any atom is -0.309 e. The average Bonchev–Trinajstić information content (AvgIpc) is 2.78. The van der Waals surface area contributed by atoms with Crippen LogP contribution in [0.15, 0.2) is 12.7 Å². The van der Waals surface area contributed by atoms with Crippen molar-refractivity contribution in [1.29, 1.82) is 5.41 Å². The Hall–Kier alpha value is -0.590. The highest BCUT2D eigenvalue weighted by atomic mass is 14.5. The SMILES string of the molecule is C=CCCC(=N)C1CC2(CCCC2)CCC1C. The zero-order valence-electron chi connectivity index (χ0n) is 11.3. The van der Waals surface area contributed by atoms with Gasteiger partial charge in [0.05, 0.1) is 0 Å². The lowest BCUT2D eigenvalue weighted by Crippen LogP contribution is -2.35. The molecule has 1 nitrogen and oxygen atoms in total. The molecule has 2 aliphatic rings. The lowest BCUT2D eigenvalue weighted by atomic mass is 9.63. The van der Waals surface area contributed by atoms with Gasteiger partial charge in [-0.2, -0.15) is 0 Å². The molecule has 2 saturated carbocycles. The van der Waals surface area contributed by atoms with E-state index in [1.54, 1.807) is 0 Å². The lowest BCUT2D eigenvalue weighted by Gasteiger charge is -2.42. The Morgan fingerprint density at radius 3 is 2.71 bits per heavy atom. The Morgan fingerprint density at radius 1 is 1.35 bits per heavy atom. The van der Waals surface area contributed by atoms with Crippen LogP contribution in [0.4, 0.5) is 0 Å². The van der Waals surface area contributed by atoms with Crippen molar-refractivity contribution in [2.45, 2.75) is 64.7 Å². The second kappa shape index (κ2) is 5.37. The van der Waals surface area contributed by atoms with Crippen LogP contribution in [0.25, 0.3) is 0 Å². The molecule has 0 aliphatic heterocycles.